The van der Waals surface area contributed by atoms with Gasteiger partial charge in [0.15, 0.2) is 0 Å². The molecule has 0 heterocycles. The van der Waals surface area contributed by atoms with Gasteiger partial charge in [0.1, 0.15) is 0 Å². The van der Waals surface area contributed by atoms with E-state index >= 15 is 0 Å². The summed E-state index contributed by atoms with van der Waals surface area (Å²) < 4.78 is 0. The van der Waals surface area contributed by atoms with Gasteiger partial charge in [-0.15, -0.1) is 0 Å². The summed E-state index contributed by atoms with van der Waals surface area (Å²) in [6.45, 7) is 2.62. The van der Waals surface area contributed by atoms with Gasteiger partial charge in [-0.3, -0.25) is 9.69 Å². The number of nitrogens with zero attached hydrogens (tertiary/aromatic N) is 2. The van der Waals surface area contributed by atoms with E-state index in [1.807, 2.05) is 18.9 Å². The van der Waals surface area contributed by atoms with Crippen molar-refractivity contribution < 1.29 is 4.79 Å². The summed E-state index contributed by atoms with van der Waals surface area (Å²) >= 11 is 0. The van der Waals surface area contributed by atoms with Gasteiger partial charge in [0.05, 0.1) is 12.5 Å². The van der Waals surface area contributed by atoms with Crippen LogP contribution in [-0.4, -0.2) is 23.9 Å². The number of nitrogen functional groups attached to an aromatic ring is 1. The molecule has 0 aliphatic rings. The van der Waals surface area contributed by atoms with Gasteiger partial charge in [-0.2, -0.15) is 5.26 Å². The molecule has 0 aromatic heterocycles. The smallest absolute Gasteiger partial charge is 0.248 e. The molecule has 96 valence electrons. The summed E-state index contributed by atoms with van der Waals surface area (Å²) in [4.78, 5) is 13.0. The van der Waals surface area contributed by atoms with Crippen molar-refractivity contribution in [2.24, 2.45) is 5.73 Å². The highest BCUT2D eigenvalue weighted by molar-refractivity contribution is 5.93. The summed E-state index contributed by atoms with van der Waals surface area (Å²) in [7, 11) is 1.93. The standard InChI is InChI=1S/C13H18N4O/c1-9(5-6-14)17(2)8-11-4-3-10(13(16)18)7-12(11)15/h3-4,7,9H,5,8,15H2,1-2H3,(H2,16,18). The van der Waals surface area contributed by atoms with E-state index in [9.17, 15) is 4.79 Å². The highest BCUT2D eigenvalue weighted by Crippen LogP contribution is 2.17. The van der Waals surface area contributed by atoms with Crippen molar-refractivity contribution in [2.45, 2.75) is 25.9 Å². The van der Waals surface area contributed by atoms with Crippen LogP contribution in [0.1, 0.15) is 29.3 Å². The first-order chi connectivity index (χ1) is 8.45. The van der Waals surface area contributed by atoms with E-state index < -0.39 is 5.91 Å². The first-order valence-corrected chi connectivity index (χ1v) is 5.71. The normalized spacial score (nSPS) is 12.1. The molecular formula is C13H18N4O. The van der Waals surface area contributed by atoms with Crippen LogP contribution in [-0.2, 0) is 6.54 Å². The van der Waals surface area contributed by atoms with Crippen molar-refractivity contribution in [1.82, 2.24) is 4.90 Å². The quantitative estimate of drug-likeness (QED) is 0.760. The van der Waals surface area contributed by atoms with Crippen LogP contribution in [0.3, 0.4) is 0 Å². The van der Waals surface area contributed by atoms with E-state index in [0.29, 0.717) is 24.2 Å². The van der Waals surface area contributed by atoms with Crippen molar-refractivity contribution in [2.75, 3.05) is 12.8 Å². The van der Waals surface area contributed by atoms with Crippen molar-refractivity contribution >= 4 is 11.6 Å². The Morgan fingerprint density at radius 3 is 2.72 bits per heavy atom. The lowest BCUT2D eigenvalue weighted by Crippen LogP contribution is -2.28. The van der Waals surface area contributed by atoms with Gasteiger partial charge in [0.25, 0.3) is 0 Å². The molecule has 1 atom stereocenters. The molecule has 0 bridgehead atoms. The second kappa shape index (κ2) is 6.03. The Balaban J connectivity index is 2.80. The van der Waals surface area contributed by atoms with Crippen LogP contribution in [0.15, 0.2) is 18.2 Å². The zero-order chi connectivity index (χ0) is 13.7. The minimum atomic E-state index is -0.487. The lowest BCUT2D eigenvalue weighted by Gasteiger charge is -2.23. The second-order valence-corrected chi connectivity index (χ2v) is 4.40. The maximum atomic E-state index is 11.0. The summed E-state index contributed by atoms with van der Waals surface area (Å²) in [5.41, 5.74) is 12.9. The number of nitrogens with two attached hydrogens (primary N) is 2. The Bertz CT molecular complexity index is 478. The van der Waals surface area contributed by atoms with Gasteiger partial charge in [-0.25, -0.2) is 0 Å². The molecule has 1 unspecified atom stereocenters. The Morgan fingerprint density at radius 2 is 2.22 bits per heavy atom. The van der Waals surface area contributed by atoms with Gasteiger partial charge in [-0.05, 0) is 31.7 Å². The number of anilines is 1. The Morgan fingerprint density at radius 1 is 1.56 bits per heavy atom. The Hall–Kier alpha value is -2.06. The fraction of sp³-hybridized carbons (Fsp3) is 0.385. The molecule has 1 aromatic rings. The van der Waals surface area contributed by atoms with Crippen molar-refractivity contribution in [3.05, 3.63) is 29.3 Å². The van der Waals surface area contributed by atoms with Gasteiger partial charge >= 0.3 is 0 Å². The molecule has 0 aliphatic carbocycles. The predicted molar refractivity (Wildman–Crippen MR) is 70.5 cm³/mol. The third kappa shape index (κ3) is 3.47. The van der Waals surface area contributed by atoms with Crippen LogP contribution >= 0.6 is 0 Å². The van der Waals surface area contributed by atoms with Gasteiger partial charge in [0.2, 0.25) is 5.91 Å². The molecule has 18 heavy (non-hydrogen) atoms. The lowest BCUT2D eigenvalue weighted by atomic mass is 10.1. The van der Waals surface area contributed by atoms with Crippen LogP contribution in [0.25, 0.3) is 0 Å². The van der Waals surface area contributed by atoms with E-state index in [-0.39, 0.29) is 6.04 Å². The van der Waals surface area contributed by atoms with Gasteiger partial charge in [0, 0.05) is 23.8 Å². The number of benzene rings is 1. The van der Waals surface area contributed by atoms with Crippen molar-refractivity contribution in [3.8, 4) is 6.07 Å². The second-order valence-electron chi connectivity index (χ2n) is 4.40. The highest BCUT2D eigenvalue weighted by atomic mass is 16.1. The molecule has 0 aliphatic heterocycles. The van der Waals surface area contributed by atoms with Gasteiger partial charge < -0.3 is 11.5 Å². The van der Waals surface area contributed by atoms with E-state index in [0.717, 1.165) is 5.56 Å². The zero-order valence-electron chi connectivity index (χ0n) is 10.7. The maximum absolute atomic E-state index is 11.0. The highest BCUT2D eigenvalue weighted by Gasteiger charge is 2.11. The first-order valence-electron chi connectivity index (χ1n) is 5.71. The number of primary amides is 1. The SMILES string of the molecule is CC(CC#N)N(C)Cc1ccc(C(N)=O)cc1N. The monoisotopic (exact) mass is 246 g/mol. The average Bonchev–Trinajstić information content (AvgIpc) is 2.31. The zero-order valence-corrected chi connectivity index (χ0v) is 10.7. The topological polar surface area (TPSA) is 96.1 Å². The number of amides is 1. The molecule has 0 radical (unpaired) electrons. The summed E-state index contributed by atoms with van der Waals surface area (Å²) in [6.07, 6.45) is 0.468. The molecule has 1 aromatic carbocycles. The van der Waals surface area contributed by atoms with Crippen LogP contribution < -0.4 is 11.5 Å². The van der Waals surface area contributed by atoms with Gasteiger partial charge in [-0.1, -0.05) is 6.07 Å². The van der Waals surface area contributed by atoms with Crippen LogP contribution in [0.2, 0.25) is 0 Å². The molecule has 0 saturated heterocycles. The molecule has 1 rings (SSSR count). The number of hydrogen-bond acceptors (Lipinski definition) is 4. The molecule has 0 saturated carbocycles. The number of rotatable bonds is 5. The average molecular weight is 246 g/mol. The molecule has 5 heteroatoms. The third-order valence-corrected chi connectivity index (χ3v) is 2.99. The van der Waals surface area contributed by atoms with Crippen LogP contribution in [0.5, 0.6) is 0 Å². The molecule has 4 N–H and O–H groups in total. The fourth-order valence-corrected chi connectivity index (χ4v) is 1.60. The first kappa shape index (κ1) is 14.0. The summed E-state index contributed by atoms with van der Waals surface area (Å²) in [6, 6.07) is 7.34. The number of carbonyl (C=O) groups excluding carboxylic acids is 1. The summed E-state index contributed by atoms with van der Waals surface area (Å²) in [5, 5.41) is 8.65. The lowest BCUT2D eigenvalue weighted by molar-refractivity contribution is 0.100. The largest absolute Gasteiger partial charge is 0.398 e. The fourth-order valence-electron chi connectivity index (χ4n) is 1.60. The molecule has 5 nitrogen and oxygen atoms in total. The van der Waals surface area contributed by atoms with Crippen molar-refractivity contribution in [1.29, 1.82) is 5.26 Å². The minimum Gasteiger partial charge on any atom is -0.398 e. The number of nitriles is 1. The Kier molecular flexibility index (Phi) is 4.69. The number of hydrogen-bond donors (Lipinski definition) is 2. The molecule has 1 amide bonds. The van der Waals surface area contributed by atoms with Crippen LogP contribution in [0, 0.1) is 11.3 Å². The van der Waals surface area contributed by atoms with Crippen LogP contribution in [0.4, 0.5) is 5.69 Å². The number of carbonyl (C=O) groups is 1. The molecule has 0 spiro atoms. The maximum Gasteiger partial charge on any atom is 0.248 e. The van der Waals surface area contributed by atoms with E-state index in [1.54, 1.807) is 18.2 Å². The molecule has 0 fully saturated rings. The minimum absolute atomic E-state index is 0.158. The van der Waals surface area contributed by atoms with E-state index in [2.05, 4.69) is 6.07 Å². The summed E-state index contributed by atoms with van der Waals surface area (Å²) in [5.74, 6) is -0.487. The molecular weight excluding hydrogens is 228 g/mol. The van der Waals surface area contributed by atoms with Crippen molar-refractivity contribution in [3.63, 3.8) is 0 Å². The third-order valence-electron chi connectivity index (χ3n) is 2.99. The van der Waals surface area contributed by atoms with E-state index in [1.165, 1.54) is 0 Å². The predicted octanol–water partition coefficient (Wildman–Crippen LogP) is 1.10. The van der Waals surface area contributed by atoms with E-state index in [4.69, 9.17) is 16.7 Å². The Labute approximate surface area is 107 Å².